The summed E-state index contributed by atoms with van der Waals surface area (Å²) in [5.74, 6) is 0.634. The van der Waals surface area contributed by atoms with E-state index in [1.54, 1.807) is 0 Å². The van der Waals surface area contributed by atoms with Gasteiger partial charge in [-0.1, -0.05) is 53.8 Å². The lowest BCUT2D eigenvalue weighted by Crippen LogP contribution is -2.04. The molecule has 2 aromatic carbocycles. The van der Waals surface area contributed by atoms with E-state index in [4.69, 9.17) is 25.0 Å². The van der Waals surface area contributed by atoms with E-state index < -0.39 is 29.6 Å². The molecule has 0 spiro atoms. The fourth-order valence-corrected chi connectivity index (χ4v) is 7.09. The molecule has 3 rings (SSSR count). The summed E-state index contributed by atoms with van der Waals surface area (Å²) in [6.45, 7) is 0.239. The summed E-state index contributed by atoms with van der Waals surface area (Å²) in [6.07, 6.45) is -0.881. The normalized spacial score (nSPS) is 15.2. The standard InChI is InChI=1S/C19H23N2O11P3S/c20-19-21-17(9-10-29-13-33(22,23)31-35(27,28)32-34(24,25)26)18(36-19)15-7-4-8-16(11-15)30-12-14-5-2-1-3-6-14/h1-8,11H,9-10,12-13H2,(H2,20,21)(H,22,23)(H,27,28)(H2,24,25,26). The molecular weight excluding hydrogens is 557 g/mol. The van der Waals surface area contributed by atoms with Crippen LogP contribution in [-0.4, -0.2) is 37.5 Å². The molecule has 0 aliphatic carbocycles. The second-order valence-electron chi connectivity index (χ2n) is 7.18. The number of hydrogen-bond donors (Lipinski definition) is 5. The van der Waals surface area contributed by atoms with E-state index in [-0.39, 0.29) is 13.0 Å². The second-order valence-corrected chi connectivity index (χ2v) is 13.0. The summed E-state index contributed by atoms with van der Waals surface area (Å²) >= 11 is 1.23. The molecule has 0 saturated carbocycles. The first-order valence-corrected chi connectivity index (χ1v) is 15.7. The van der Waals surface area contributed by atoms with Gasteiger partial charge in [0.1, 0.15) is 18.7 Å². The van der Waals surface area contributed by atoms with Crippen molar-refractivity contribution in [3.8, 4) is 16.2 Å². The summed E-state index contributed by atoms with van der Waals surface area (Å²) in [6, 6.07) is 17.0. The Morgan fingerprint density at radius 1 is 0.944 bits per heavy atom. The summed E-state index contributed by atoms with van der Waals surface area (Å²) in [5, 5.41) is 0.294. The van der Waals surface area contributed by atoms with Crippen LogP contribution in [0.25, 0.3) is 10.4 Å². The highest BCUT2D eigenvalue weighted by atomic mass is 32.1. The maximum absolute atomic E-state index is 11.9. The predicted molar refractivity (Wildman–Crippen MR) is 131 cm³/mol. The van der Waals surface area contributed by atoms with Crippen molar-refractivity contribution in [2.75, 3.05) is 18.7 Å². The molecule has 6 N–H and O–H groups in total. The van der Waals surface area contributed by atoms with Crippen LogP contribution in [0, 0.1) is 0 Å². The Hall–Kier alpha value is -1.92. The fraction of sp³-hybridized carbons (Fsp3) is 0.211. The number of anilines is 1. The van der Waals surface area contributed by atoms with E-state index in [0.29, 0.717) is 23.2 Å². The highest BCUT2D eigenvalue weighted by molar-refractivity contribution is 7.68. The first-order chi connectivity index (χ1) is 16.8. The minimum atomic E-state index is -5.51. The minimum absolute atomic E-state index is 0.149. The third kappa shape index (κ3) is 9.51. The molecule has 0 aliphatic heterocycles. The van der Waals surface area contributed by atoms with Crippen LogP contribution in [0.5, 0.6) is 5.75 Å². The second kappa shape index (κ2) is 12.1. The van der Waals surface area contributed by atoms with E-state index in [1.807, 2.05) is 54.6 Å². The van der Waals surface area contributed by atoms with Crippen molar-refractivity contribution in [1.29, 1.82) is 0 Å². The smallest absolute Gasteiger partial charge is 0.488 e. The van der Waals surface area contributed by atoms with Crippen LogP contribution < -0.4 is 10.5 Å². The number of ether oxygens (including phenoxy) is 2. The van der Waals surface area contributed by atoms with Gasteiger partial charge in [0.25, 0.3) is 0 Å². The molecule has 0 saturated heterocycles. The molecule has 36 heavy (non-hydrogen) atoms. The molecular formula is C19H23N2O11P3S. The van der Waals surface area contributed by atoms with Crippen LogP contribution in [0.2, 0.25) is 0 Å². The lowest BCUT2D eigenvalue weighted by Gasteiger charge is -2.16. The molecule has 0 fully saturated rings. The molecule has 17 heteroatoms. The Morgan fingerprint density at radius 2 is 1.67 bits per heavy atom. The average molecular weight is 580 g/mol. The molecule has 13 nitrogen and oxygen atoms in total. The van der Waals surface area contributed by atoms with Gasteiger partial charge >= 0.3 is 23.2 Å². The van der Waals surface area contributed by atoms with Gasteiger partial charge in [-0.15, -0.1) is 0 Å². The number of hydrogen-bond acceptors (Lipinski definition) is 10. The summed E-state index contributed by atoms with van der Waals surface area (Å²) in [4.78, 5) is 41.0. The van der Waals surface area contributed by atoms with Crippen molar-refractivity contribution < 1.29 is 51.4 Å². The molecule has 2 unspecified atom stereocenters. The van der Waals surface area contributed by atoms with Crippen molar-refractivity contribution >= 4 is 39.7 Å². The number of phosphoric acid groups is 2. The topological polar surface area (TPSA) is 208 Å². The van der Waals surface area contributed by atoms with Crippen molar-refractivity contribution in [1.82, 2.24) is 4.98 Å². The minimum Gasteiger partial charge on any atom is -0.489 e. The van der Waals surface area contributed by atoms with E-state index in [2.05, 4.69) is 13.6 Å². The molecule has 1 aromatic heterocycles. The number of thiazole rings is 1. The van der Waals surface area contributed by atoms with Gasteiger partial charge in [0.2, 0.25) is 0 Å². The molecule has 1 heterocycles. The maximum atomic E-state index is 11.9. The molecule has 0 radical (unpaired) electrons. The van der Waals surface area contributed by atoms with E-state index in [9.17, 15) is 23.5 Å². The number of rotatable bonds is 13. The Kier molecular flexibility index (Phi) is 9.62. The van der Waals surface area contributed by atoms with Crippen molar-refractivity contribution in [2.45, 2.75) is 13.0 Å². The van der Waals surface area contributed by atoms with Gasteiger partial charge in [-0.3, -0.25) is 4.57 Å². The van der Waals surface area contributed by atoms with E-state index in [0.717, 1.165) is 16.0 Å². The maximum Gasteiger partial charge on any atom is 0.488 e. The van der Waals surface area contributed by atoms with Gasteiger partial charge in [-0.05, 0) is 23.3 Å². The third-order valence-electron chi connectivity index (χ3n) is 4.24. The first kappa shape index (κ1) is 28.6. The van der Waals surface area contributed by atoms with Crippen LogP contribution in [0.3, 0.4) is 0 Å². The Bertz CT molecular complexity index is 1310. The Morgan fingerprint density at radius 3 is 2.36 bits per heavy atom. The highest BCUT2D eigenvalue weighted by Crippen LogP contribution is 2.65. The van der Waals surface area contributed by atoms with Gasteiger partial charge in [0.15, 0.2) is 5.13 Å². The number of aromatic nitrogens is 1. The zero-order valence-electron chi connectivity index (χ0n) is 18.4. The zero-order valence-corrected chi connectivity index (χ0v) is 21.9. The summed E-state index contributed by atoms with van der Waals surface area (Å²) in [7, 11) is -15.8. The first-order valence-electron chi connectivity index (χ1n) is 10.0. The van der Waals surface area contributed by atoms with Crippen molar-refractivity contribution in [3.63, 3.8) is 0 Å². The fourth-order valence-electron chi connectivity index (χ4n) is 2.92. The number of nitrogen functional groups attached to an aromatic ring is 1. The zero-order chi connectivity index (χ0) is 26.4. The number of benzene rings is 2. The molecule has 2 atom stereocenters. The van der Waals surface area contributed by atoms with Gasteiger partial charge < -0.3 is 34.8 Å². The van der Waals surface area contributed by atoms with Gasteiger partial charge in [-0.25, -0.2) is 18.4 Å². The van der Waals surface area contributed by atoms with E-state index >= 15 is 0 Å². The molecule has 0 bridgehead atoms. The monoisotopic (exact) mass is 580 g/mol. The average Bonchev–Trinajstić information content (AvgIpc) is 3.14. The van der Waals surface area contributed by atoms with Crippen molar-refractivity contribution in [3.05, 3.63) is 65.9 Å². The van der Waals surface area contributed by atoms with Gasteiger partial charge in [-0.2, -0.15) is 4.31 Å². The summed E-state index contributed by atoms with van der Waals surface area (Å²) < 4.78 is 52.4. The SMILES string of the molecule is Nc1nc(CCOCP(=O)(O)OP(=O)(O)OP(=O)(O)O)c(-c2cccc(OCc3ccccc3)c2)s1. The third-order valence-corrected chi connectivity index (χ3v) is 9.24. The predicted octanol–water partition coefficient (Wildman–Crippen LogP) is 3.90. The van der Waals surface area contributed by atoms with Gasteiger partial charge in [0.05, 0.1) is 17.2 Å². The molecule has 3 aromatic rings. The largest absolute Gasteiger partial charge is 0.489 e. The Balaban J connectivity index is 1.59. The van der Waals surface area contributed by atoms with Crippen LogP contribution in [0.4, 0.5) is 5.13 Å². The number of nitrogens with two attached hydrogens (primary N) is 1. The van der Waals surface area contributed by atoms with Crippen LogP contribution >= 0.6 is 34.6 Å². The highest BCUT2D eigenvalue weighted by Gasteiger charge is 2.39. The molecule has 196 valence electrons. The van der Waals surface area contributed by atoms with Gasteiger partial charge in [0, 0.05) is 6.42 Å². The molecule has 0 aliphatic rings. The molecule has 0 amide bonds. The van der Waals surface area contributed by atoms with Crippen LogP contribution in [0.15, 0.2) is 54.6 Å². The van der Waals surface area contributed by atoms with Crippen LogP contribution in [0.1, 0.15) is 11.3 Å². The lowest BCUT2D eigenvalue weighted by atomic mass is 10.1. The Labute approximate surface area is 209 Å². The van der Waals surface area contributed by atoms with Crippen molar-refractivity contribution in [2.24, 2.45) is 0 Å². The van der Waals surface area contributed by atoms with Crippen LogP contribution in [-0.2, 0) is 40.1 Å². The lowest BCUT2D eigenvalue weighted by molar-refractivity contribution is 0.154. The summed E-state index contributed by atoms with van der Waals surface area (Å²) in [5.41, 5.74) is 8.22. The van der Waals surface area contributed by atoms with E-state index in [1.165, 1.54) is 11.3 Å². The quantitative estimate of drug-likeness (QED) is 0.144. The number of nitrogens with zero attached hydrogens (tertiary/aromatic N) is 1.